The molecule has 0 spiro atoms. The van der Waals surface area contributed by atoms with Crippen molar-refractivity contribution in [2.45, 2.75) is 38.1 Å². The average molecular weight is 376 g/mol. The van der Waals surface area contributed by atoms with E-state index in [1.807, 2.05) is 32.0 Å². The molecule has 2 aromatic rings. The SMILES string of the molecule is CCc1cccc(C)c1NC(=O)C(C)NS(=O)(=O)c1ccc(OC)cc1. The molecule has 0 bridgehead atoms. The van der Waals surface area contributed by atoms with Gasteiger partial charge in [0.05, 0.1) is 18.0 Å². The number of nitrogens with one attached hydrogen (secondary N) is 2. The summed E-state index contributed by atoms with van der Waals surface area (Å²) in [4.78, 5) is 12.6. The van der Waals surface area contributed by atoms with E-state index in [0.717, 1.165) is 23.2 Å². The first kappa shape index (κ1) is 19.9. The monoisotopic (exact) mass is 376 g/mol. The van der Waals surface area contributed by atoms with Crippen LogP contribution in [0.4, 0.5) is 5.69 Å². The van der Waals surface area contributed by atoms with Gasteiger partial charge in [-0.1, -0.05) is 25.1 Å². The quantitative estimate of drug-likeness (QED) is 0.778. The van der Waals surface area contributed by atoms with Crippen LogP contribution in [-0.4, -0.2) is 27.5 Å². The third-order valence-corrected chi connectivity index (χ3v) is 5.64. The van der Waals surface area contributed by atoms with Crippen molar-refractivity contribution in [2.24, 2.45) is 0 Å². The van der Waals surface area contributed by atoms with E-state index in [1.54, 1.807) is 12.1 Å². The van der Waals surface area contributed by atoms with Crippen LogP contribution >= 0.6 is 0 Å². The van der Waals surface area contributed by atoms with E-state index < -0.39 is 22.0 Å². The second kappa shape index (κ2) is 8.33. The number of rotatable bonds is 7. The van der Waals surface area contributed by atoms with E-state index >= 15 is 0 Å². The van der Waals surface area contributed by atoms with E-state index in [9.17, 15) is 13.2 Å². The van der Waals surface area contributed by atoms with Gasteiger partial charge in [-0.3, -0.25) is 4.79 Å². The Morgan fingerprint density at radius 3 is 2.38 bits per heavy atom. The van der Waals surface area contributed by atoms with Crippen molar-refractivity contribution >= 4 is 21.6 Å². The maximum Gasteiger partial charge on any atom is 0.242 e. The lowest BCUT2D eigenvalue weighted by Gasteiger charge is -2.17. The third kappa shape index (κ3) is 4.62. The van der Waals surface area contributed by atoms with Crippen LogP contribution in [0.3, 0.4) is 0 Å². The highest BCUT2D eigenvalue weighted by molar-refractivity contribution is 7.89. The van der Waals surface area contributed by atoms with Crippen molar-refractivity contribution in [2.75, 3.05) is 12.4 Å². The van der Waals surface area contributed by atoms with Gasteiger partial charge in [-0.2, -0.15) is 4.72 Å². The summed E-state index contributed by atoms with van der Waals surface area (Å²) in [7, 11) is -2.31. The maximum absolute atomic E-state index is 12.5. The number of aryl methyl sites for hydroxylation is 2. The minimum atomic E-state index is -3.81. The molecule has 2 aromatic carbocycles. The van der Waals surface area contributed by atoms with Crippen molar-refractivity contribution in [3.63, 3.8) is 0 Å². The molecule has 2 rings (SSSR count). The number of sulfonamides is 1. The van der Waals surface area contributed by atoms with E-state index in [4.69, 9.17) is 4.74 Å². The fraction of sp³-hybridized carbons (Fsp3) is 0.316. The summed E-state index contributed by atoms with van der Waals surface area (Å²) < 4.78 is 32.3. The molecule has 140 valence electrons. The van der Waals surface area contributed by atoms with Crippen molar-refractivity contribution in [3.05, 3.63) is 53.6 Å². The number of amides is 1. The molecule has 7 heteroatoms. The fourth-order valence-corrected chi connectivity index (χ4v) is 3.75. The summed E-state index contributed by atoms with van der Waals surface area (Å²) in [5.41, 5.74) is 2.67. The van der Waals surface area contributed by atoms with Gasteiger partial charge in [0.2, 0.25) is 15.9 Å². The van der Waals surface area contributed by atoms with Crippen LogP contribution in [0.1, 0.15) is 25.0 Å². The molecular formula is C19H24N2O4S. The largest absolute Gasteiger partial charge is 0.497 e. The maximum atomic E-state index is 12.5. The van der Waals surface area contributed by atoms with E-state index in [2.05, 4.69) is 10.0 Å². The highest BCUT2D eigenvalue weighted by Crippen LogP contribution is 2.21. The number of anilines is 1. The summed E-state index contributed by atoms with van der Waals surface area (Å²) in [6, 6.07) is 10.8. The smallest absolute Gasteiger partial charge is 0.242 e. The number of para-hydroxylation sites is 1. The number of methoxy groups -OCH3 is 1. The van der Waals surface area contributed by atoms with Crippen molar-refractivity contribution in [1.82, 2.24) is 4.72 Å². The van der Waals surface area contributed by atoms with Crippen LogP contribution in [0, 0.1) is 6.92 Å². The van der Waals surface area contributed by atoms with E-state index in [1.165, 1.54) is 26.2 Å². The standard InChI is InChI=1S/C19H24N2O4S/c1-5-15-8-6-7-13(2)18(15)20-19(22)14(3)21-26(23,24)17-11-9-16(25-4)10-12-17/h6-12,14,21H,5H2,1-4H3,(H,20,22). The molecule has 0 saturated carbocycles. The first-order chi connectivity index (χ1) is 12.3. The number of hydrogen-bond donors (Lipinski definition) is 2. The molecule has 0 saturated heterocycles. The number of benzene rings is 2. The van der Waals surface area contributed by atoms with Crippen LogP contribution in [0.2, 0.25) is 0 Å². The zero-order valence-electron chi connectivity index (χ0n) is 15.4. The van der Waals surface area contributed by atoms with Crippen LogP contribution in [0.15, 0.2) is 47.4 Å². The summed E-state index contributed by atoms with van der Waals surface area (Å²) >= 11 is 0. The van der Waals surface area contributed by atoms with Gasteiger partial charge in [-0.25, -0.2) is 8.42 Å². The number of carbonyl (C=O) groups excluding carboxylic acids is 1. The summed E-state index contributed by atoms with van der Waals surface area (Å²) in [5, 5.41) is 2.84. The van der Waals surface area contributed by atoms with Crippen LogP contribution in [0.25, 0.3) is 0 Å². The highest BCUT2D eigenvalue weighted by Gasteiger charge is 2.23. The molecule has 0 aromatic heterocycles. The van der Waals surface area contributed by atoms with E-state index in [0.29, 0.717) is 5.75 Å². The minimum Gasteiger partial charge on any atom is -0.497 e. The van der Waals surface area contributed by atoms with Gasteiger partial charge in [-0.15, -0.1) is 0 Å². The van der Waals surface area contributed by atoms with Gasteiger partial charge in [0, 0.05) is 5.69 Å². The fourth-order valence-electron chi connectivity index (χ4n) is 2.54. The molecule has 0 aliphatic heterocycles. The second-order valence-corrected chi connectivity index (χ2v) is 7.68. The Bertz CT molecular complexity index is 877. The Hall–Kier alpha value is -2.38. The highest BCUT2D eigenvalue weighted by atomic mass is 32.2. The lowest BCUT2D eigenvalue weighted by atomic mass is 10.1. The molecule has 2 N–H and O–H groups in total. The predicted molar refractivity (Wildman–Crippen MR) is 102 cm³/mol. The van der Waals surface area contributed by atoms with E-state index in [-0.39, 0.29) is 4.90 Å². The summed E-state index contributed by atoms with van der Waals surface area (Å²) in [6.07, 6.45) is 0.767. The Kier molecular flexibility index (Phi) is 6.39. The molecule has 1 unspecified atom stereocenters. The van der Waals surface area contributed by atoms with Gasteiger partial charge in [0.25, 0.3) is 0 Å². The molecule has 26 heavy (non-hydrogen) atoms. The molecule has 0 aliphatic rings. The van der Waals surface area contributed by atoms with Crippen LogP contribution in [-0.2, 0) is 21.2 Å². The Morgan fingerprint density at radius 2 is 1.81 bits per heavy atom. The minimum absolute atomic E-state index is 0.0723. The normalized spacial score (nSPS) is 12.5. The topological polar surface area (TPSA) is 84.5 Å². The van der Waals surface area contributed by atoms with Gasteiger partial charge in [-0.05, 0) is 55.7 Å². The van der Waals surface area contributed by atoms with Crippen molar-refractivity contribution < 1.29 is 17.9 Å². The van der Waals surface area contributed by atoms with Gasteiger partial charge in [0.1, 0.15) is 5.75 Å². The van der Waals surface area contributed by atoms with Crippen LogP contribution in [0.5, 0.6) is 5.75 Å². The molecule has 0 heterocycles. The number of carbonyl (C=O) groups is 1. The molecule has 0 fully saturated rings. The van der Waals surface area contributed by atoms with Crippen molar-refractivity contribution in [3.8, 4) is 5.75 Å². The molecule has 1 amide bonds. The third-order valence-electron chi connectivity index (χ3n) is 4.08. The molecule has 0 radical (unpaired) electrons. The number of ether oxygens (including phenoxy) is 1. The summed E-state index contributed by atoms with van der Waals surface area (Å²) in [5.74, 6) is 0.146. The molecular weight excluding hydrogens is 352 g/mol. The molecule has 1 atom stereocenters. The number of hydrogen-bond acceptors (Lipinski definition) is 4. The van der Waals surface area contributed by atoms with Gasteiger partial charge >= 0.3 is 0 Å². The Labute approximate surface area is 154 Å². The average Bonchev–Trinajstić information content (AvgIpc) is 2.62. The molecule has 6 nitrogen and oxygen atoms in total. The Balaban J connectivity index is 2.13. The molecule has 0 aliphatic carbocycles. The van der Waals surface area contributed by atoms with Crippen LogP contribution < -0.4 is 14.8 Å². The van der Waals surface area contributed by atoms with Gasteiger partial charge in [0.15, 0.2) is 0 Å². The van der Waals surface area contributed by atoms with Crippen molar-refractivity contribution in [1.29, 1.82) is 0 Å². The lowest BCUT2D eigenvalue weighted by molar-refractivity contribution is -0.117. The zero-order valence-corrected chi connectivity index (χ0v) is 16.2. The van der Waals surface area contributed by atoms with Gasteiger partial charge < -0.3 is 10.1 Å². The lowest BCUT2D eigenvalue weighted by Crippen LogP contribution is -2.41. The Morgan fingerprint density at radius 1 is 1.15 bits per heavy atom. The predicted octanol–water partition coefficient (Wildman–Crippen LogP) is 2.87. The first-order valence-electron chi connectivity index (χ1n) is 8.34. The summed E-state index contributed by atoms with van der Waals surface area (Å²) in [6.45, 7) is 5.42. The first-order valence-corrected chi connectivity index (χ1v) is 9.82. The second-order valence-electron chi connectivity index (χ2n) is 5.97. The zero-order chi connectivity index (χ0) is 19.3.